The topological polar surface area (TPSA) is 49.4 Å². The van der Waals surface area contributed by atoms with E-state index < -0.39 is 0 Å². The van der Waals surface area contributed by atoms with E-state index >= 15 is 0 Å². The molecule has 0 aromatic carbocycles. The molecule has 1 rings (SSSR count). The molecule has 2 amide bonds. The van der Waals surface area contributed by atoms with Crippen molar-refractivity contribution in [2.45, 2.75) is 52.6 Å². The van der Waals surface area contributed by atoms with Gasteiger partial charge in [0.2, 0.25) is 11.8 Å². The molecular formula is C12H22N2O2. The quantitative estimate of drug-likeness (QED) is 0.768. The maximum absolute atomic E-state index is 11.9. The Morgan fingerprint density at radius 2 is 2.00 bits per heavy atom. The molecule has 1 aliphatic heterocycles. The van der Waals surface area contributed by atoms with E-state index in [0.29, 0.717) is 13.0 Å². The standard InChI is InChI=1S/C12H22N2O2/c1-8(2)14-7-9(6-10(14)15)11(16)13-12(3,4)5/h8-9H,6-7H2,1-5H3,(H,13,16)/t9-/m1/s1. The number of nitrogens with zero attached hydrogens (tertiary/aromatic N) is 1. The van der Waals surface area contributed by atoms with Crippen molar-refractivity contribution >= 4 is 11.8 Å². The molecule has 4 nitrogen and oxygen atoms in total. The van der Waals surface area contributed by atoms with Crippen molar-refractivity contribution in [3.63, 3.8) is 0 Å². The van der Waals surface area contributed by atoms with Gasteiger partial charge < -0.3 is 10.2 Å². The number of amides is 2. The first-order chi connectivity index (χ1) is 7.20. The first kappa shape index (κ1) is 13.0. The van der Waals surface area contributed by atoms with Gasteiger partial charge in [0.1, 0.15) is 0 Å². The molecule has 1 heterocycles. The van der Waals surface area contributed by atoms with E-state index in [4.69, 9.17) is 0 Å². The van der Waals surface area contributed by atoms with Crippen molar-refractivity contribution in [1.29, 1.82) is 0 Å². The van der Waals surface area contributed by atoms with Crippen LogP contribution >= 0.6 is 0 Å². The van der Waals surface area contributed by atoms with Crippen LogP contribution in [0.5, 0.6) is 0 Å². The Morgan fingerprint density at radius 3 is 2.38 bits per heavy atom. The van der Waals surface area contributed by atoms with Gasteiger partial charge in [0.15, 0.2) is 0 Å². The molecule has 0 aromatic rings. The maximum Gasteiger partial charge on any atom is 0.225 e. The van der Waals surface area contributed by atoms with Gasteiger partial charge in [-0.05, 0) is 34.6 Å². The van der Waals surface area contributed by atoms with Crippen molar-refractivity contribution in [2.24, 2.45) is 5.92 Å². The average molecular weight is 226 g/mol. The minimum atomic E-state index is -0.231. The Balaban J connectivity index is 2.59. The van der Waals surface area contributed by atoms with Gasteiger partial charge in [-0.15, -0.1) is 0 Å². The third kappa shape index (κ3) is 3.22. The van der Waals surface area contributed by atoms with Crippen LogP contribution in [0.2, 0.25) is 0 Å². The fraction of sp³-hybridized carbons (Fsp3) is 0.833. The van der Waals surface area contributed by atoms with Crippen molar-refractivity contribution in [3.8, 4) is 0 Å². The summed E-state index contributed by atoms with van der Waals surface area (Å²) in [5, 5.41) is 2.92. The molecule has 4 heteroatoms. The predicted octanol–water partition coefficient (Wildman–Crippen LogP) is 1.16. The number of rotatable bonds is 2. The second kappa shape index (κ2) is 4.44. The lowest BCUT2D eigenvalue weighted by Crippen LogP contribution is -2.44. The zero-order valence-corrected chi connectivity index (χ0v) is 10.8. The number of hydrogen-bond donors (Lipinski definition) is 1. The third-order valence-corrected chi connectivity index (χ3v) is 2.65. The predicted molar refractivity (Wildman–Crippen MR) is 62.9 cm³/mol. The van der Waals surface area contributed by atoms with Crippen LogP contribution in [0.4, 0.5) is 0 Å². The Morgan fingerprint density at radius 1 is 1.44 bits per heavy atom. The van der Waals surface area contributed by atoms with Crippen molar-refractivity contribution < 1.29 is 9.59 Å². The largest absolute Gasteiger partial charge is 0.351 e. The molecule has 1 fully saturated rings. The molecule has 1 saturated heterocycles. The summed E-state index contributed by atoms with van der Waals surface area (Å²) in [6.07, 6.45) is 0.347. The summed E-state index contributed by atoms with van der Waals surface area (Å²) in [5.74, 6) is -0.109. The van der Waals surface area contributed by atoms with Crippen molar-refractivity contribution in [2.75, 3.05) is 6.54 Å². The van der Waals surface area contributed by atoms with E-state index in [1.54, 1.807) is 4.90 Å². The normalized spacial score (nSPS) is 21.8. The maximum atomic E-state index is 11.9. The van der Waals surface area contributed by atoms with Crippen LogP contribution in [-0.4, -0.2) is 34.8 Å². The van der Waals surface area contributed by atoms with Crippen molar-refractivity contribution in [3.05, 3.63) is 0 Å². The second-order valence-electron chi connectivity index (χ2n) is 5.78. The molecule has 0 aromatic heterocycles. The minimum absolute atomic E-state index is 0.0102. The molecule has 0 bridgehead atoms. The highest BCUT2D eigenvalue weighted by molar-refractivity contribution is 5.89. The summed E-state index contributed by atoms with van der Waals surface area (Å²) < 4.78 is 0. The molecule has 16 heavy (non-hydrogen) atoms. The molecule has 1 N–H and O–H groups in total. The van der Waals surface area contributed by atoms with Crippen LogP contribution in [0.1, 0.15) is 41.0 Å². The van der Waals surface area contributed by atoms with Crippen LogP contribution in [-0.2, 0) is 9.59 Å². The van der Waals surface area contributed by atoms with E-state index in [9.17, 15) is 9.59 Å². The lowest BCUT2D eigenvalue weighted by Gasteiger charge is -2.24. The Hall–Kier alpha value is -1.06. The number of carbonyl (C=O) groups excluding carboxylic acids is 2. The number of likely N-dealkylation sites (tertiary alicyclic amines) is 1. The highest BCUT2D eigenvalue weighted by Gasteiger charge is 2.36. The monoisotopic (exact) mass is 226 g/mol. The van der Waals surface area contributed by atoms with Gasteiger partial charge in [-0.25, -0.2) is 0 Å². The lowest BCUT2D eigenvalue weighted by atomic mass is 10.0. The summed E-state index contributed by atoms with van der Waals surface area (Å²) in [6, 6.07) is 0.180. The van der Waals surface area contributed by atoms with E-state index in [0.717, 1.165) is 0 Å². The van der Waals surface area contributed by atoms with Gasteiger partial charge in [0, 0.05) is 24.5 Å². The van der Waals surface area contributed by atoms with Gasteiger partial charge in [-0.2, -0.15) is 0 Å². The number of nitrogens with one attached hydrogen (secondary N) is 1. The molecule has 0 unspecified atom stereocenters. The molecule has 1 atom stereocenters. The summed E-state index contributed by atoms with van der Waals surface area (Å²) in [7, 11) is 0. The summed E-state index contributed by atoms with van der Waals surface area (Å²) in [5.41, 5.74) is -0.231. The summed E-state index contributed by atoms with van der Waals surface area (Å²) in [6.45, 7) is 10.3. The zero-order chi connectivity index (χ0) is 12.5. The lowest BCUT2D eigenvalue weighted by molar-refractivity contribution is -0.130. The van der Waals surface area contributed by atoms with E-state index in [1.807, 2.05) is 34.6 Å². The average Bonchev–Trinajstić information content (AvgIpc) is 2.44. The molecule has 0 radical (unpaired) electrons. The van der Waals surface area contributed by atoms with Gasteiger partial charge in [-0.1, -0.05) is 0 Å². The van der Waals surface area contributed by atoms with E-state index in [2.05, 4.69) is 5.32 Å². The van der Waals surface area contributed by atoms with E-state index in [-0.39, 0.29) is 29.3 Å². The molecular weight excluding hydrogens is 204 g/mol. The molecule has 92 valence electrons. The van der Waals surface area contributed by atoms with Crippen molar-refractivity contribution in [1.82, 2.24) is 10.2 Å². The van der Waals surface area contributed by atoms with Gasteiger partial charge >= 0.3 is 0 Å². The SMILES string of the molecule is CC(C)N1C[C@H](C(=O)NC(C)(C)C)CC1=O. The number of carbonyl (C=O) groups is 2. The molecule has 1 aliphatic rings. The third-order valence-electron chi connectivity index (χ3n) is 2.65. The zero-order valence-electron chi connectivity index (χ0n) is 10.8. The Labute approximate surface area is 97.4 Å². The first-order valence-electron chi connectivity index (χ1n) is 5.82. The smallest absolute Gasteiger partial charge is 0.225 e. The minimum Gasteiger partial charge on any atom is -0.351 e. The van der Waals surface area contributed by atoms with Gasteiger partial charge in [0.25, 0.3) is 0 Å². The van der Waals surface area contributed by atoms with Crippen LogP contribution in [0.25, 0.3) is 0 Å². The highest BCUT2D eigenvalue weighted by Crippen LogP contribution is 2.20. The Bertz CT molecular complexity index is 292. The second-order valence-corrected chi connectivity index (χ2v) is 5.78. The fourth-order valence-corrected chi connectivity index (χ4v) is 1.88. The molecule has 0 saturated carbocycles. The Kier molecular flexibility index (Phi) is 3.61. The fourth-order valence-electron chi connectivity index (χ4n) is 1.88. The van der Waals surface area contributed by atoms with Crippen LogP contribution in [0.3, 0.4) is 0 Å². The van der Waals surface area contributed by atoms with Gasteiger partial charge in [0.05, 0.1) is 5.92 Å². The molecule has 0 aliphatic carbocycles. The highest BCUT2D eigenvalue weighted by atomic mass is 16.2. The van der Waals surface area contributed by atoms with Crippen LogP contribution < -0.4 is 5.32 Å². The number of hydrogen-bond acceptors (Lipinski definition) is 2. The van der Waals surface area contributed by atoms with E-state index in [1.165, 1.54) is 0 Å². The van der Waals surface area contributed by atoms with Crippen LogP contribution in [0.15, 0.2) is 0 Å². The van der Waals surface area contributed by atoms with Gasteiger partial charge in [-0.3, -0.25) is 9.59 Å². The summed E-state index contributed by atoms with van der Waals surface area (Å²) in [4.78, 5) is 25.3. The summed E-state index contributed by atoms with van der Waals surface area (Å²) >= 11 is 0. The van der Waals surface area contributed by atoms with Crippen LogP contribution in [0, 0.1) is 5.92 Å². The first-order valence-corrected chi connectivity index (χ1v) is 5.82. The molecule has 0 spiro atoms.